The molecule has 0 spiro atoms. The van der Waals surface area contributed by atoms with Gasteiger partial charge in [0.2, 0.25) is 0 Å². The number of hydrogen-bond acceptors (Lipinski definition) is 4. The Kier molecular flexibility index (Phi) is 4.10. The van der Waals surface area contributed by atoms with Crippen molar-refractivity contribution in [1.82, 2.24) is 0 Å². The van der Waals surface area contributed by atoms with Gasteiger partial charge in [0.05, 0.1) is 0 Å². The smallest absolute Gasteiger partial charge is 0.157 e. The van der Waals surface area contributed by atoms with Crippen molar-refractivity contribution in [3.8, 4) is 5.75 Å². The summed E-state index contributed by atoms with van der Waals surface area (Å²) in [5, 5.41) is 0. The highest BCUT2D eigenvalue weighted by molar-refractivity contribution is 5.51. The second-order valence-electron chi connectivity index (χ2n) is 2.89. The van der Waals surface area contributed by atoms with Gasteiger partial charge in [-0.05, 0) is 17.7 Å². The van der Waals surface area contributed by atoms with E-state index in [1.165, 1.54) is 0 Å². The molecule has 1 aromatic rings. The van der Waals surface area contributed by atoms with Crippen LogP contribution < -0.4 is 16.2 Å². The lowest BCUT2D eigenvalue weighted by Crippen LogP contribution is -2.20. The molecule has 76 valence electrons. The second kappa shape index (κ2) is 5.36. The standard InChI is InChI=1S/C10H14N2O2/c11-7-10(12)8-1-3-9(4-2-8)14-6-5-13/h1-5,10H,6-7,11-12H2. The van der Waals surface area contributed by atoms with Crippen LogP contribution in [-0.2, 0) is 4.79 Å². The fourth-order valence-electron chi connectivity index (χ4n) is 1.08. The summed E-state index contributed by atoms with van der Waals surface area (Å²) in [6, 6.07) is 7.09. The Morgan fingerprint density at radius 1 is 1.36 bits per heavy atom. The highest BCUT2D eigenvalue weighted by atomic mass is 16.5. The summed E-state index contributed by atoms with van der Waals surface area (Å²) in [5.74, 6) is 0.657. The van der Waals surface area contributed by atoms with Crippen LogP contribution in [0.15, 0.2) is 24.3 Å². The molecule has 4 heteroatoms. The predicted octanol–water partition coefficient (Wildman–Crippen LogP) is 0.223. The van der Waals surface area contributed by atoms with Crippen LogP contribution in [-0.4, -0.2) is 19.4 Å². The number of rotatable bonds is 5. The van der Waals surface area contributed by atoms with E-state index >= 15 is 0 Å². The van der Waals surface area contributed by atoms with Crippen molar-refractivity contribution in [3.63, 3.8) is 0 Å². The van der Waals surface area contributed by atoms with Gasteiger partial charge in [-0.15, -0.1) is 0 Å². The molecule has 0 radical (unpaired) electrons. The molecule has 1 unspecified atom stereocenters. The van der Waals surface area contributed by atoms with Gasteiger partial charge in [-0.1, -0.05) is 12.1 Å². The summed E-state index contributed by atoms with van der Waals surface area (Å²) in [4.78, 5) is 10.0. The van der Waals surface area contributed by atoms with E-state index in [2.05, 4.69) is 0 Å². The Labute approximate surface area is 82.8 Å². The quantitative estimate of drug-likeness (QED) is 0.657. The molecule has 1 atom stereocenters. The maximum Gasteiger partial charge on any atom is 0.157 e. The number of carbonyl (C=O) groups excluding carboxylic acids is 1. The summed E-state index contributed by atoms with van der Waals surface area (Å²) in [5.41, 5.74) is 12.1. The number of carbonyl (C=O) groups is 1. The lowest BCUT2D eigenvalue weighted by molar-refractivity contribution is -0.109. The van der Waals surface area contributed by atoms with Gasteiger partial charge >= 0.3 is 0 Å². The van der Waals surface area contributed by atoms with Crippen molar-refractivity contribution in [2.24, 2.45) is 11.5 Å². The van der Waals surface area contributed by atoms with Gasteiger partial charge in [-0.3, -0.25) is 4.79 Å². The Morgan fingerprint density at radius 2 is 2.00 bits per heavy atom. The zero-order chi connectivity index (χ0) is 10.4. The minimum absolute atomic E-state index is 0.0717. The van der Waals surface area contributed by atoms with Crippen LogP contribution in [0.2, 0.25) is 0 Å². The number of aldehydes is 1. The van der Waals surface area contributed by atoms with Gasteiger partial charge in [0, 0.05) is 12.6 Å². The summed E-state index contributed by atoms with van der Waals surface area (Å²) >= 11 is 0. The Hall–Kier alpha value is -1.39. The van der Waals surface area contributed by atoms with E-state index in [0.717, 1.165) is 5.56 Å². The summed E-state index contributed by atoms with van der Waals surface area (Å²) in [7, 11) is 0. The van der Waals surface area contributed by atoms with Crippen molar-refractivity contribution in [1.29, 1.82) is 0 Å². The van der Waals surface area contributed by atoms with Crippen LogP contribution >= 0.6 is 0 Å². The summed E-state index contributed by atoms with van der Waals surface area (Å²) < 4.78 is 5.08. The zero-order valence-corrected chi connectivity index (χ0v) is 7.85. The van der Waals surface area contributed by atoms with E-state index in [0.29, 0.717) is 18.6 Å². The van der Waals surface area contributed by atoms with Crippen molar-refractivity contribution in [2.75, 3.05) is 13.2 Å². The second-order valence-corrected chi connectivity index (χ2v) is 2.89. The molecule has 1 aromatic carbocycles. The van der Waals surface area contributed by atoms with Gasteiger partial charge in [0.15, 0.2) is 6.29 Å². The van der Waals surface area contributed by atoms with Crippen LogP contribution in [0.25, 0.3) is 0 Å². The monoisotopic (exact) mass is 194 g/mol. The maximum atomic E-state index is 10.0. The van der Waals surface area contributed by atoms with Gasteiger partial charge < -0.3 is 16.2 Å². The fourth-order valence-corrected chi connectivity index (χ4v) is 1.08. The Bertz CT molecular complexity index is 285. The topological polar surface area (TPSA) is 78.3 Å². The minimum Gasteiger partial charge on any atom is -0.486 e. The number of hydrogen-bond donors (Lipinski definition) is 2. The molecule has 0 saturated heterocycles. The Balaban J connectivity index is 2.63. The first kappa shape index (κ1) is 10.7. The largest absolute Gasteiger partial charge is 0.486 e. The van der Waals surface area contributed by atoms with Crippen molar-refractivity contribution >= 4 is 6.29 Å². The highest BCUT2D eigenvalue weighted by Crippen LogP contribution is 2.15. The first-order valence-corrected chi connectivity index (χ1v) is 4.40. The molecule has 0 aliphatic carbocycles. The van der Waals surface area contributed by atoms with E-state index in [9.17, 15) is 4.79 Å². The van der Waals surface area contributed by atoms with Crippen molar-refractivity contribution in [2.45, 2.75) is 6.04 Å². The molecule has 0 bridgehead atoms. The zero-order valence-electron chi connectivity index (χ0n) is 7.85. The first-order chi connectivity index (χ1) is 6.77. The number of nitrogens with two attached hydrogens (primary N) is 2. The van der Waals surface area contributed by atoms with Gasteiger partial charge in [0.25, 0.3) is 0 Å². The van der Waals surface area contributed by atoms with Crippen LogP contribution in [0.1, 0.15) is 11.6 Å². The SMILES string of the molecule is NCC(N)c1ccc(OCC=O)cc1. The maximum absolute atomic E-state index is 10.0. The minimum atomic E-state index is -0.143. The van der Waals surface area contributed by atoms with Crippen LogP contribution in [0.4, 0.5) is 0 Å². The molecule has 4 N–H and O–H groups in total. The van der Waals surface area contributed by atoms with E-state index < -0.39 is 0 Å². The molecule has 14 heavy (non-hydrogen) atoms. The third-order valence-corrected chi connectivity index (χ3v) is 1.88. The average molecular weight is 194 g/mol. The lowest BCUT2D eigenvalue weighted by atomic mass is 10.1. The first-order valence-electron chi connectivity index (χ1n) is 4.40. The van der Waals surface area contributed by atoms with Gasteiger partial charge in [-0.25, -0.2) is 0 Å². The Morgan fingerprint density at radius 3 is 2.50 bits per heavy atom. The summed E-state index contributed by atoms with van der Waals surface area (Å²) in [6.07, 6.45) is 0.708. The third kappa shape index (κ3) is 2.83. The highest BCUT2D eigenvalue weighted by Gasteiger charge is 2.02. The van der Waals surface area contributed by atoms with Gasteiger partial charge in [0.1, 0.15) is 12.4 Å². The molecule has 0 aromatic heterocycles. The van der Waals surface area contributed by atoms with Crippen LogP contribution in [0, 0.1) is 0 Å². The number of ether oxygens (including phenoxy) is 1. The third-order valence-electron chi connectivity index (χ3n) is 1.88. The van der Waals surface area contributed by atoms with Crippen molar-refractivity contribution in [3.05, 3.63) is 29.8 Å². The molecule has 4 nitrogen and oxygen atoms in total. The van der Waals surface area contributed by atoms with Gasteiger partial charge in [-0.2, -0.15) is 0 Å². The fraction of sp³-hybridized carbons (Fsp3) is 0.300. The molecule has 0 fully saturated rings. The van der Waals surface area contributed by atoms with E-state index in [1.807, 2.05) is 12.1 Å². The molecule has 1 rings (SSSR count). The predicted molar refractivity (Wildman–Crippen MR) is 54.0 cm³/mol. The van der Waals surface area contributed by atoms with Crippen molar-refractivity contribution < 1.29 is 9.53 Å². The van der Waals surface area contributed by atoms with E-state index in [4.69, 9.17) is 16.2 Å². The molecular formula is C10H14N2O2. The van der Waals surface area contributed by atoms with Crippen LogP contribution in [0.3, 0.4) is 0 Å². The van der Waals surface area contributed by atoms with Crippen LogP contribution in [0.5, 0.6) is 5.75 Å². The van der Waals surface area contributed by atoms with E-state index in [-0.39, 0.29) is 12.6 Å². The molecular weight excluding hydrogens is 180 g/mol. The average Bonchev–Trinajstić information content (AvgIpc) is 2.26. The normalized spacial score (nSPS) is 12.1. The molecule has 0 saturated carbocycles. The summed E-state index contributed by atoms with van der Waals surface area (Å²) in [6.45, 7) is 0.483. The lowest BCUT2D eigenvalue weighted by Gasteiger charge is -2.09. The molecule has 0 aliphatic heterocycles. The molecule has 0 aliphatic rings. The number of benzene rings is 1. The molecule has 0 amide bonds. The van der Waals surface area contributed by atoms with E-state index in [1.54, 1.807) is 12.1 Å². The molecule has 0 heterocycles.